The van der Waals surface area contributed by atoms with Crippen LogP contribution in [0.4, 0.5) is 0 Å². The van der Waals surface area contributed by atoms with E-state index < -0.39 is 0 Å². The number of aromatic nitrogens is 1. The molecule has 0 aliphatic carbocycles. The Morgan fingerprint density at radius 3 is 3.00 bits per heavy atom. The van der Waals surface area contributed by atoms with Crippen LogP contribution >= 0.6 is 22.5 Å². The highest BCUT2D eigenvalue weighted by Gasteiger charge is 1.98. The van der Waals surface area contributed by atoms with E-state index >= 15 is 0 Å². The topological polar surface area (TPSA) is 30.0 Å². The van der Waals surface area contributed by atoms with Crippen molar-refractivity contribution in [2.75, 3.05) is 0 Å². The molecule has 0 bridgehead atoms. The second kappa shape index (κ2) is 3.63. The van der Waals surface area contributed by atoms with Crippen molar-refractivity contribution in [3.63, 3.8) is 0 Å². The molecule has 4 heteroatoms. The number of carbonyl (C=O) groups excluding carboxylic acids is 1. The van der Waals surface area contributed by atoms with Crippen LogP contribution in [0, 0.1) is 0 Å². The van der Waals surface area contributed by atoms with Crippen molar-refractivity contribution >= 4 is 28.7 Å². The van der Waals surface area contributed by atoms with Gasteiger partial charge in [-0.15, -0.1) is 11.7 Å². The number of thiol groups is 1. The molecule has 52 valence electrons. The SMILES string of the molecule is O=Cc1ncccc1SS. The first-order chi connectivity index (χ1) is 4.88. The first-order valence-corrected chi connectivity index (χ1v) is 4.47. The third-order valence-electron chi connectivity index (χ3n) is 1.01. The van der Waals surface area contributed by atoms with Gasteiger partial charge in [0.2, 0.25) is 0 Å². The minimum atomic E-state index is 0.447. The molecule has 0 saturated carbocycles. The number of nitrogens with zero attached hydrogens (tertiary/aromatic N) is 1. The van der Waals surface area contributed by atoms with Gasteiger partial charge in [0.15, 0.2) is 6.29 Å². The third-order valence-corrected chi connectivity index (χ3v) is 2.14. The van der Waals surface area contributed by atoms with E-state index in [9.17, 15) is 4.79 Å². The summed E-state index contributed by atoms with van der Waals surface area (Å²) in [6.07, 6.45) is 2.30. The molecule has 0 spiro atoms. The molecule has 0 aliphatic rings. The Balaban J connectivity index is 3.08. The molecule has 0 atom stereocenters. The average Bonchev–Trinajstić information content (AvgIpc) is 2.04. The van der Waals surface area contributed by atoms with E-state index in [4.69, 9.17) is 0 Å². The molecule has 0 fully saturated rings. The molecule has 0 radical (unpaired) electrons. The number of carbonyl (C=O) groups is 1. The van der Waals surface area contributed by atoms with Gasteiger partial charge in [-0.2, -0.15) is 0 Å². The largest absolute Gasteiger partial charge is 0.296 e. The van der Waals surface area contributed by atoms with Crippen LogP contribution in [-0.2, 0) is 0 Å². The summed E-state index contributed by atoms with van der Waals surface area (Å²) in [5.41, 5.74) is 0.447. The zero-order valence-electron chi connectivity index (χ0n) is 5.02. The summed E-state index contributed by atoms with van der Waals surface area (Å²) in [7, 11) is 1.22. The maximum atomic E-state index is 10.3. The molecule has 0 saturated heterocycles. The second-order valence-electron chi connectivity index (χ2n) is 1.60. The number of hydrogen-bond donors (Lipinski definition) is 1. The lowest BCUT2D eigenvalue weighted by Crippen LogP contribution is -1.86. The standard InChI is InChI=1S/C6H5NOS2/c8-4-5-6(10-9)2-1-3-7-5/h1-4,9H. The molecule has 1 aromatic rings. The molecule has 1 rings (SSSR count). The smallest absolute Gasteiger partial charge is 0.169 e. The highest BCUT2D eigenvalue weighted by molar-refractivity contribution is 8.68. The van der Waals surface area contributed by atoms with Crippen LogP contribution in [0.25, 0.3) is 0 Å². The van der Waals surface area contributed by atoms with Gasteiger partial charge in [-0.3, -0.25) is 9.78 Å². The fourth-order valence-corrected chi connectivity index (χ4v) is 1.37. The van der Waals surface area contributed by atoms with Gasteiger partial charge in [0, 0.05) is 11.1 Å². The molecule has 10 heavy (non-hydrogen) atoms. The zero-order valence-corrected chi connectivity index (χ0v) is 6.73. The maximum Gasteiger partial charge on any atom is 0.169 e. The highest BCUT2D eigenvalue weighted by atomic mass is 33.1. The fraction of sp³-hybridized carbons (Fsp3) is 0. The quantitative estimate of drug-likeness (QED) is 0.418. The van der Waals surface area contributed by atoms with Crippen molar-refractivity contribution < 1.29 is 4.79 Å². The van der Waals surface area contributed by atoms with Crippen molar-refractivity contribution in [2.45, 2.75) is 4.90 Å². The molecule has 0 aromatic carbocycles. The summed E-state index contributed by atoms with van der Waals surface area (Å²) in [6.45, 7) is 0. The van der Waals surface area contributed by atoms with Gasteiger partial charge >= 0.3 is 0 Å². The predicted molar refractivity (Wildman–Crippen MR) is 44.5 cm³/mol. The summed E-state index contributed by atoms with van der Waals surface area (Å²) in [5.74, 6) is 0. The molecular weight excluding hydrogens is 166 g/mol. The van der Waals surface area contributed by atoms with Gasteiger partial charge in [0.1, 0.15) is 5.69 Å². The summed E-state index contributed by atoms with van der Waals surface area (Å²) >= 11 is 3.95. The first-order valence-electron chi connectivity index (χ1n) is 2.60. The normalized spacial score (nSPS) is 9.30. The van der Waals surface area contributed by atoms with Gasteiger partial charge in [0.05, 0.1) is 0 Å². The monoisotopic (exact) mass is 171 g/mol. The Morgan fingerprint density at radius 1 is 1.70 bits per heavy atom. The summed E-state index contributed by atoms with van der Waals surface area (Å²) < 4.78 is 0. The second-order valence-corrected chi connectivity index (χ2v) is 2.77. The first kappa shape index (κ1) is 7.63. The Hall–Kier alpha value is -0.480. The Morgan fingerprint density at radius 2 is 2.50 bits per heavy atom. The van der Waals surface area contributed by atoms with Gasteiger partial charge < -0.3 is 0 Å². The van der Waals surface area contributed by atoms with Crippen LogP contribution in [0.15, 0.2) is 23.2 Å². The van der Waals surface area contributed by atoms with Crippen LogP contribution < -0.4 is 0 Å². The van der Waals surface area contributed by atoms with E-state index in [0.29, 0.717) is 5.69 Å². The van der Waals surface area contributed by atoms with E-state index in [2.05, 4.69) is 16.6 Å². The Kier molecular flexibility index (Phi) is 2.77. The van der Waals surface area contributed by atoms with Crippen molar-refractivity contribution in [3.8, 4) is 0 Å². The van der Waals surface area contributed by atoms with E-state index in [1.807, 2.05) is 0 Å². The van der Waals surface area contributed by atoms with Gasteiger partial charge in [-0.05, 0) is 12.1 Å². The average molecular weight is 171 g/mol. The van der Waals surface area contributed by atoms with E-state index in [1.165, 1.54) is 10.8 Å². The predicted octanol–water partition coefficient (Wildman–Crippen LogP) is 1.83. The van der Waals surface area contributed by atoms with Gasteiger partial charge in [-0.1, -0.05) is 10.8 Å². The number of pyridine rings is 1. The van der Waals surface area contributed by atoms with Crippen molar-refractivity contribution in [1.29, 1.82) is 0 Å². The fourth-order valence-electron chi connectivity index (χ4n) is 0.568. The molecule has 0 unspecified atom stereocenters. The van der Waals surface area contributed by atoms with Crippen molar-refractivity contribution in [1.82, 2.24) is 4.98 Å². The van der Waals surface area contributed by atoms with E-state index in [0.717, 1.165) is 11.2 Å². The molecule has 0 N–H and O–H groups in total. The lowest BCUT2D eigenvalue weighted by atomic mass is 10.4. The summed E-state index contributed by atoms with van der Waals surface area (Å²) in [4.78, 5) is 14.9. The summed E-state index contributed by atoms with van der Waals surface area (Å²) in [5, 5.41) is 0. The van der Waals surface area contributed by atoms with E-state index in [1.54, 1.807) is 18.3 Å². The lowest BCUT2D eigenvalue weighted by Gasteiger charge is -1.94. The minimum Gasteiger partial charge on any atom is -0.296 e. The third kappa shape index (κ3) is 1.52. The van der Waals surface area contributed by atoms with E-state index in [-0.39, 0.29) is 0 Å². The van der Waals surface area contributed by atoms with Gasteiger partial charge in [-0.25, -0.2) is 0 Å². The van der Waals surface area contributed by atoms with Crippen molar-refractivity contribution in [3.05, 3.63) is 24.0 Å². The Bertz CT molecular complexity index is 239. The van der Waals surface area contributed by atoms with Crippen LogP contribution in [-0.4, -0.2) is 11.3 Å². The lowest BCUT2D eigenvalue weighted by molar-refractivity contribution is 0.111. The minimum absolute atomic E-state index is 0.447. The molecule has 0 amide bonds. The van der Waals surface area contributed by atoms with Crippen LogP contribution in [0.5, 0.6) is 0 Å². The van der Waals surface area contributed by atoms with Crippen LogP contribution in [0.1, 0.15) is 10.5 Å². The molecule has 1 aromatic heterocycles. The van der Waals surface area contributed by atoms with Gasteiger partial charge in [0.25, 0.3) is 0 Å². The van der Waals surface area contributed by atoms with Crippen LogP contribution in [0.2, 0.25) is 0 Å². The number of rotatable bonds is 2. The van der Waals surface area contributed by atoms with Crippen LogP contribution in [0.3, 0.4) is 0 Å². The molecule has 0 aliphatic heterocycles. The molecule has 2 nitrogen and oxygen atoms in total. The Labute approximate surface area is 67.9 Å². The number of hydrogen-bond acceptors (Lipinski definition) is 4. The zero-order chi connectivity index (χ0) is 7.40. The maximum absolute atomic E-state index is 10.3. The van der Waals surface area contributed by atoms with Crippen molar-refractivity contribution in [2.24, 2.45) is 0 Å². The molecule has 1 heterocycles. The number of aldehydes is 1. The molecular formula is C6H5NOS2. The highest BCUT2D eigenvalue weighted by Crippen LogP contribution is 2.22. The summed E-state index contributed by atoms with van der Waals surface area (Å²) in [6, 6.07) is 3.57.